The first-order valence-corrected chi connectivity index (χ1v) is 12.2. The highest BCUT2D eigenvalue weighted by atomic mass is 16.7. The van der Waals surface area contributed by atoms with Crippen molar-refractivity contribution in [1.82, 2.24) is 9.55 Å². The van der Waals surface area contributed by atoms with Gasteiger partial charge in [0.2, 0.25) is 0 Å². The highest BCUT2D eigenvalue weighted by Crippen LogP contribution is 2.40. The maximum absolute atomic E-state index is 13.4. The van der Waals surface area contributed by atoms with Crippen molar-refractivity contribution in [3.05, 3.63) is 56.9 Å². The molecule has 2 atom stereocenters. The van der Waals surface area contributed by atoms with Gasteiger partial charge in [0, 0.05) is 16.5 Å². The zero-order valence-electron chi connectivity index (χ0n) is 20.7. The Balaban J connectivity index is 1.62. The summed E-state index contributed by atoms with van der Waals surface area (Å²) in [5.74, 6) is -0.403. The van der Waals surface area contributed by atoms with Crippen molar-refractivity contribution in [3.8, 4) is 17.1 Å². The number of carbonyl (C=O) groups is 2. The maximum Gasteiger partial charge on any atom is 0.514 e. The molecule has 0 saturated carbocycles. The summed E-state index contributed by atoms with van der Waals surface area (Å²) in [5.41, 5.74) is 2.14. The summed E-state index contributed by atoms with van der Waals surface area (Å²) >= 11 is 0. The van der Waals surface area contributed by atoms with E-state index in [1.54, 1.807) is 42.7 Å². The Morgan fingerprint density at radius 2 is 2.00 bits per heavy atom. The molecular formula is C27H28N2O7. The minimum absolute atomic E-state index is 0.0855. The van der Waals surface area contributed by atoms with Crippen LogP contribution < -0.4 is 10.3 Å². The van der Waals surface area contributed by atoms with E-state index in [4.69, 9.17) is 19.2 Å². The molecule has 1 unspecified atom stereocenters. The summed E-state index contributed by atoms with van der Waals surface area (Å²) in [4.78, 5) is 42.8. The summed E-state index contributed by atoms with van der Waals surface area (Å²) < 4.78 is 17.4. The number of hydrogen-bond acceptors (Lipinski definition) is 8. The van der Waals surface area contributed by atoms with Crippen molar-refractivity contribution in [2.45, 2.75) is 71.8 Å². The van der Waals surface area contributed by atoms with Gasteiger partial charge in [-0.25, -0.2) is 14.6 Å². The highest BCUT2D eigenvalue weighted by molar-refractivity contribution is 5.90. The third kappa shape index (κ3) is 3.57. The number of rotatable bonds is 5. The van der Waals surface area contributed by atoms with Gasteiger partial charge in [-0.15, -0.1) is 0 Å². The topological polar surface area (TPSA) is 117 Å². The molecule has 4 heterocycles. The van der Waals surface area contributed by atoms with Crippen LogP contribution in [0, 0.1) is 0 Å². The van der Waals surface area contributed by atoms with Crippen LogP contribution in [0.25, 0.3) is 22.3 Å². The third-order valence-electron chi connectivity index (χ3n) is 7.20. The van der Waals surface area contributed by atoms with E-state index in [0.717, 1.165) is 16.5 Å². The van der Waals surface area contributed by atoms with Crippen molar-refractivity contribution in [2.24, 2.45) is 0 Å². The van der Waals surface area contributed by atoms with Crippen LogP contribution in [0.5, 0.6) is 5.75 Å². The molecule has 0 radical (unpaired) electrons. The average Bonchev–Trinajstić information content (AvgIpc) is 3.23. The van der Waals surface area contributed by atoms with Gasteiger partial charge in [-0.1, -0.05) is 20.8 Å². The molecule has 2 aliphatic heterocycles. The van der Waals surface area contributed by atoms with E-state index < -0.39 is 17.7 Å². The van der Waals surface area contributed by atoms with Gasteiger partial charge in [-0.05, 0) is 56.0 Å². The van der Waals surface area contributed by atoms with Crippen molar-refractivity contribution < 1.29 is 28.9 Å². The standard InChI is InChI=1S/C27H28N2O7/c1-5-14(4)35-26(32)36-15-8-9-21-17(10-15)16(6-2)18-12-29-22(23(18)28-21)11-20-19(24(29)30)13-34-25(31)27(20,33)7-3/h8-11,14,33H,5-7,12-13H2,1-4H3/t14?,27-/m0/s1. The summed E-state index contributed by atoms with van der Waals surface area (Å²) in [6.45, 7) is 7.54. The zero-order valence-corrected chi connectivity index (χ0v) is 20.7. The highest BCUT2D eigenvalue weighted by Gasteiger charge is 2.45. The molecule has 0 aliphatic carbocycles. The van der Waals surface area contributed by atoms with Crippen LogP contribution in [-0.2, 0) is 39.4 Å². The molecule has 9 heteroatoms. The molecule has 0 spiro atoms. The molecule has 2 aliphatic rings. The number of aryl methyl sites for hydroxylation is 1. The van der Waals surface area contributed by atoms with Crippen LogP contribution in [0.3, 0.4) is 0 Å². The van der Waals surface area contributed by atoms with Crippen molar-refractivity contribution >= 4 is 23.0 Å². The molecule has 0 bridgehead atoms. The lowest BCUT2D eigenvalue weighted by atomic mass is 9.86. The van der Waals surface area contributed by atoms with Crippen LogP contribution in [-0.4, -0.2) is 32.9 Å². The Morgan fingerprint density at radius 1 is 1.22 bits per heavy atom. The zero-order chi connectivity index (χ0) is 25.8. The number of hydrogen-bond donors (Lipinski definition) is 1. The molecule has 1 aromatic carbocycles. The predicted molar refractivity (Wildman–Crippen MR) is 131 cm³/mol. The summed E-state index contributed by atoms with van der Waals surface area (Å²) in [6.07, 6.45) is 0.415. The number of nitrogens with zero attached hydrogens (tertiary/aromatic N) is 2. The number of cyclic esters (lactones) is 1. The second-order valence-electron chi connectivity index (χ2n) is 9.24. The van der Waals surface area contributed by atoms with E-state index in [1.165, 1.54) is 0 Å². The fraction of sp³-hybridized carbons (Fsp3) is 0.407. The lowest BCUT2D eigenvalue weighted by molar-refractivity contribution is -0.172. The van der Waals surface area contributed by atoms with E-state index >= 15 is 0 Å². The van der Waals surface area contributed by atoms with Crippen LogP contribution in [0.1, 0.15) is 62.8 Å². The number of ether oxygens (including phenoxy) is 3. The molecular weight excluding hydrogens is 464 g/mol. The van der Waals surface area contributed by atoms with Crippen LogP contribution in [0.4, 0.5) is 4.79 Å². The van der Waals surface area contributed by atoms with Gasteiger partial charge < -0.3 is 23.9 Å². The normalized spacial score (nSPS) is 18.8. The number of benzene rings is 1. The van der Waals surface area contributed by atoms with Crippen molar-refractivity contribution in [2.75, 3.05) is 0 Å². The quantitative estimate of drug-likeness (QED) is 0.329. The SMILES string of the molecule is CCc1c2c(nc3ccc(OC(=O)OC(C)CC)cc13)-c1cc3c(c(=O)n1C2)COC(=O)[C@]3(O)CC. The molecule has 9 nitrogen and oxygen atoms in total. The lowest BCUT2D eigenvalue weighted by Crippen LogP contribution is -2.44. The molecule has 5 rings (SSSR count). The smallest absolute Gasteiger partial charge is 0.458 e. The van der Waals surface area contributed by atoms with E-state index in [1.807, 2.05) is 13.8 Å². The van der Waals surface area contributed by atoms with E-state index in [9.17, 15) is 19.5 Å². The van der Waals surface area contributed by atoms with Gasteiger partial charge in [-0.3, -0.25) is 4.79 Å². The molecule has 188 valence electrons. The maximum atomic E-state index is 13.4. The largest absolute Gasteiger partial charge is 0.514 e. The van der Waals surface area contributed by atoms with Crippen molar-refractivity contribution in [1.29, 1.82) is 0 Å². The predicted octanol–water partition coefficient (Wildman–Crippen LogP) is 3.96. The molecule has 1 N–H and O–H groups in total. The van der Waals surface area contributed by atoms with E-state index in [2.05, 4.69) is 0 Å². The summed E-state index contributed by atoms with van der Waals surface area (Å²) in [7, 11) is 0. The first-order chi connectivity index (χ1) is 17.2. The van der Waals surface area contributed by atoms with Crippen molar-refractivity contribution in [3.63, 3.8) is 0 Å². The van der Waals surface area contributed by atoms with Crippen LogP contribution in [0.15, 0.2) is 29.1 Å². The van der Waals surface area contributed by atoms with Gasteiger partial charge >= 0.3 is 12.1 Å². The number of aliphatic hydroxyl groups is 1. The number of fused-ring (bicyclic) bond motifs is 5. The van der Waals surface area contributed by atoms with E-state index in [0.29, 0.717) is 42.0 Å². The Morgan fingerprint density at radius 3 is 2.69 bits per heavy atom. The van der Waals surface area contributed by atoms with Gasteiger partial charge in [0.15, 0.2) is 5.60 Å². The second kappa shape index (κ2) is 8.74. The minimum Gasteiger partial charge on any atom is -0.458 e. The molecule has 0 fully saturated rings. The Kier molecular flexibility index (Phi) is 5.83. The fourth-order valence-electron chi connectivity index (χ4n) is 4.98. The fourth-order valence-corrected chi connectivity index (χ4v) is 4.98. The van der Waals surface area contributed by atoms with Gasteiger partial charge in [0.1, 0.15) is 18.5 Å². The number of carbonyl (C=O) groups excluding carboxylic acids is 2. The monoisotopic (exact) mass is 492 g/mol. The number of pyridine rings is 2. The summed E-state index contributed by atoms with van der Waals surface area (Å²) in [5, 5.41) is 11.9. The molecule has 36 heavy (non-hydrogen) atoms. The summed E-state index contributed by atoms with van der Waals surface area (Å²) in [6, 6.07) is 6.88. The van der Waals surface area contributed by atoms with Gasteiger partial charge in [-0.2, -0.15) is 0 Å². The first kappa shape index (κ1) is 24.0. The van der Waals surface area contributed by atoms with Gasteiger partial charge in [0.25, 0.3) is 5.56 Å². The Bertz CT molecular complexity index is 1480. The van der Waals surface area contributed by atoms with Gasteiger partial charge in [0.05, 0.1) is 29.0 Å². The van der Waals surface area contributed by atoms with E-state index in [-0.39, 0.29) is 35.8 Å². The second-order valence-corrected chi connectivity index (χ2v) is 9.24. The van der Waals surface area contributed by atoms with Crippen LogP contribution >= 0.6 is 0 Å². The Labute approximate surface area is 207 Å². The average molecular weight is 493 g/mol. The number of esters is 1. The number of aromatic nitrogens is 2. The molecule has 0 amide bonds. The van der Waals surface area contributed by atoms with Crippen LogP contribution in [0.2, 0.25) is 0 Å². The first-order valence-electron chi connectivity index (χ1n) is 12.2. The lowest BCUT2D eigenvalue weighted by Gasteiger charge is -2.31. The Hall–Kier alpha value is -3.72. The molecule has 0 saturated heterocycles. The molecule has 3 aromatic rings. The third-order valence-corrected chi connectivity index (χ3v) is 7.20. The molecule has 2 aromatic heterocycles. The minimum atomic E-state index is -1.87.